The number of likely N-dealkylation sites (N-methyl/N-ethyl adjacent to an activating group) is 1. The van der Waals surface area contributed by atoms with Gasteiger partial charge in [0.2, 0.25) is 11.8 Å². The lowest BCUT2D eigenvalue weighted by Crippen LogP contribution is -2.52. The molecule has 1 atom stereocenters. The van der Waals surface area contributed by atoms with Gasteiger partial charge in [0.25, 0.3) is 10.0 Å². The van der Waals surface area contributed by atoms with Crippen LogP contribution in [0.25, 0.3) is 0 Å². The molecule has 0 fully saturated rings. The molecule has 0 unspecified atom stereocenters. The van der Waals surface area contributed by atoms with Crippen molar-refractivity contribution < 1.29 is 27.5 Å². The summed E-state index contributed by atoms with van der Waals surface area (Å²) in [7, 11) is -1.08. The molecular formula is C30H37N3O6S. The number of carbonyl (C=O) groups excluding carboxylic acids is 2. The minimum absolute atomic E-state index is 0.0526. The highest BCUT2D eigenvalue weighted by atomic mass is 32.2. The third kappa shape index (κ3) is 7.32. The number of benzene rings is 3. The van der Waals surface area contributed by atoms with Crippen LogP contribution in [-0.2, 0) is 26.2 Å². The molecule has 0 saturated carbocycles. The number of carbonyl (C=O) groups is 2. The Kier molecular flexibility index (Phi) is 10.6. The quantitative estimate of drug-likeness (QED) is 0.333. The normalized spacial score (nSPS) is 11.8. The van der Waals surface area contributed by atoms with Gasteiger partial charge in [-0.25, -0.2) is 8.42 Å². The molecule has 0 aliphatic heterocycles. The van der Waals surface area contributed by atoms with Crippen molar-refractivity contribution in [3.63, 3.8) is 0 Å². The number of sulfonamides is 1. The Morgan fingerprint density at radius 3 is 2.12 bits per heavy atom. The first-order valence-electron chi connectivity index (χ1n) is 13.1. The molecular weight excluding hydrogens is 530 g/mol. The average Bonchev–Trinajstić information content (AvgIpc) is 2.96. The maximum atomic E-state index is 14.0. The van der Waals surface area contributed by atoms with Gasteiger partial charge in [-0.3, -0.25) is 13.9 Å². The molecule has 0 aliphatic carbocycles. The molecule has 0 bridgehead atoms. The van der Waals surface area contributed by atoms with Gasteiger partial charge >= 0.3 is 0 Å². The predicted molar refractivity (Wildman–Crippen MR) is 155 cm³/mol. The zero-order valence-electron chi connectivity index (χ0n) is 23.6. The zero-order valence-corrected chi connectivity index (χ0v) is 24.4. The van der Waals surface area contributed by atoms with Crippen LogP contribution < -0.4 is 19.1 Å². The van der Waals surface area contributed by atoms with Crippen molar-refractivity contribution in [2.24, 2.45) is 0 Å². The molecule has 10 heteroatoms. The maximum Gasteiger partial charge on any atom is 0.264 e. The van der Waals surface area contributed by atoms with Gasteiger partial charge in [0.05, 0.1) is 24.8 Å². The lowest BCUT2D eigenvalue weighted by Gasteiger charge is -2.33. The standard InChI is InChI=1S/C30H37N3O6S/c1-6-28(30(35)31-7-2)32(20-23-9-8-10-26(19-23)39-5)29(34)21-33(24-13-15-25(38-4)16-14-24)40(36,37)27-17-11-22(3)12-18-27/h8-19,28H,6-7,20-21H2,1-5H3,(H,31,35)/t28-/m1/s1. The van der Waals surface area contributed by atoms with E-state index in [1.807, 2.05) is 19.9 Å². The number of aryl methyl sites for hydroxylation is 1. The van der Waals surface area contributed by atoms with Crippen LogP contribution in [0.1, 0.15) is 31.4 Å². The monoisotopic (exact) mass is 567 g/mol. The molecule has 1 N–H and O–H groups in total. The van der Waals surface area contributed by atoms with E-state index in [0.29, 0.717) is 30.2 Å². The van der Waals surface area contributed by atoms with Crippen LogP contribution in [-0.4, -0.2) is 58.5 Å². The average molecular weight is 568 g/mol. The second-order valence-electron chi connectivity index (χ2n) is 9.21. The van der Waals surface area contributed by atoms with E-state index >= 15 is 0 Å². The largest absolute Gasteiger partial charge is 0.497 e. The number of nitrogens with zero attached hydrogens (tertiary/aromatic N) is 2. The molecule has 3 aromatic carbocycles. The summed E-state index contributed by atoms with van der Waals surface area (Å²) in [5.74, 6) is 0.327. The van der Waals surface area contributed by atoms with Gasteiger partial charge in [-0.15, -0.1) is 0 Å². The van der Waals surface area contributed by atoms with Crippen LogP contribution in [0.3, 0.4) is 0 Å². The van der Waals surface area contributed by atoms with Crippen molar-refractivity contribution in [2.75, 3.05) is 31.6 Å². The van der Waals surface area contributed by atoms with Crippen LogP contribution in [0, 0.1) is 6.92 Å². The fourth-order valence-electron chi connectivity index (χ4n) is 4.29. The van der Waals surface area contributed by atoms with Crippen LogP contribution in [0.2, 0.25) is 0 Å². The lowest BCUT2D eigenvalue weighted by atomic mass is 10.1. The van der Waals surface area contributed by atoms with E-state index < -0.39 is 28.5 Å². The molecule has 0 spiro atoms. The van der Waals surface area contributed by atoms with Gasteiger partial charge in [0, 0.05) is 13.1 Å². The third-order valence-corrected chi connectivity index (χ3v) is 8.26. The number of nitrogens with one attached hydrogen (secondary N) is 1. The Hall–Kier alpha value is -4.05. The molecule has 0 radical (unpaired) electrons. The van der Waals surface area contributed by atoms with E-state index in [4.69, 9.17) is 9.47 Å². The van der Waals surface area contributed by atoms with Gasteiger partial charge in [0.1, 0.15) is 24.1 Å². The summed E-state index contributed by atoms with van der Waals surface area (Å²) < 4.78 is 39.4. The Bertz CT molecular complexity index is 1390. The number of anilines is 1. The van der Waals surface area contributed by atoms with Gasteiger partial charge < -0.3 is 19.7 Å². The summed E-state index contributed by atoms with van der Waals surface area (Å²) in [5.41, 5.74) is 1.94. The van der Waals surface area contributed by atoms with E-state index in [1.165, 1.54) is 24.1 Å². The SMILES string of the molecule is CCNC(=O)[C@@H](CC)N(Cc1cccc(OC)c1)C(=O)CN(c1ccc(OC)cc1)S(=O)(=O)c1ccc(C)cc1. The first kappa shape index (κ1) is 30.5. The highest BCUT2D eigenvalue weighted by Gasteiger charge is 2.33. The first-order valence-corrected chi connectivity index (χ1v) is 14.5. The Morgan fingerprint density at radius 2 is 1.55 bits per heavy atom. The molecule has 3 rings (SSSR count). The minimum atomic E-state index is -4.14. The molecule has 0 heterocycles. The summed E-state index contributed by atoms with van der Waals surface area (Å²) in [6.07, 6.45) is 0.342. The van der Waals surface area contributed by atoms with Gasteiger partial charge in [0.15, 0.2) is 0 Å². The van der Waals surface area contributed by atoms with Crippen molar-refractivity contribution in [1.29, 1.82) is 0 Å². The highest BCUT2D eigenvalue weighted by Crippen LogP contribution is 2.27. The summed E-state index contributed by atoms with van der Waals surface area (Å²) in [4.78, 5) is 28.6. The molecule has 0 aromatic heterocycles. The number of ether oxygens (including phenoxy) is 2. The predicted octanol–water partition coefficient (Wildman–Crippen LogP) is 4.15. The van der Waals surface area contributed by atoms with Crippen LogP contribution >= 0.6 is 0 Å². The smallest absolute Gasteiger partial charge is 0.264 e. The number of hydrogen-bond acceptors (Lipinski definition) is 6. The fraction of sp³-hybridized carbons (Fsp3) is 0.333. The van der Waals surface area contributed by atoms with Crippen LogP contribution in [0.4, 0.5) is 5.69 Å². The fourth-order valence-corrected chi connectivity index (χ4v) is 5.71. The van der Waals surface area contributed by atoms with Gasteiger partial charge in [-0.05, 0) is 74.4 Å². The highest BCUT2D eigenvalue weighted by molar-refractivity contribution is 7.92. The zero-order chi connectivity index (χ0) is 29.3. The summed E-state index contributed by atoms with van der Waals surface area (Å²) in [6, 6.07) is 19.3. The number of rotatable bonds is 13. The Morgan fingerprint density at radius 1 is 0.900 bits per heavy atom. The maximum absolute atomic E-state index is 14.0. The van der Waals surface area contributed by atoms with Crippen molar-refractivity contribution in [1.82, 2.24) is 10.2 Å². The van der Waals surface area contributed by atoms with E-state index in [-0.39, 0.29) is 17.3 Å². The number of amides is 2. The molecule has 9 nitrogen and oxygen atoms in total. The number of hydrogen-bond donors (Lipinski definition) is 1. The first-order chi connectivity index (χ1) is 19.1. The second-order valence-corrected chi connectivity index (χ2v) is 11.1. The van der Waals surface area contributed by atoms with Crippen molar-refractivity contribution in [3.8, 4) is 11.5 Å². The molecule has 3 aromatic rings. The minimum Gasteiger partial charge on any atom is -0.497 e. The molecule has 214 valence electrons. The van der Waals surface area contributed by atoms with E-state index in [2.05, 4.69) is 5.32 Å². The van der Waals surface area contributed by atoms with E-state index in [1.54, 1.807) is 68.6 Å². The molecule has 0 aliphatic rings. The van der Waals surface area contributed by atoms with Crippen LogP contribution in [0.5, 0.6) is 11.5 Å². The molecule has 2 amide bonds. The lowest BCUT2D eigenvalue weighted by molar-refractivity contribution is -0.140. The topological polar surface area (TPSA) is 105 Å². The van der Waals surface area contributed by atoms with E-state index in [9.17, 15) is 18.0 Å². The van der Waals surface area contributed by atoms with Crippen molar-refractivity contribution in [3.05, 3.63) is 83.9 Å². The Labute approximate surface area is 236 Å². The van der Waals surface area contributed by atoms with Crippen LogP contribution in [0.15, 0.2) is 77.7 Å². The summed E-state index contributed by atoms with van der Waals surface area (Å²) in [5, 5.41) is 2.80. The van der Waals surface area contributed by atoms with E-state index in [0.717, 1.165) is 15.4 Å². The Balaban J connectivity index is 2.06. The van der Waals surface area contributed by atoms with Crippen molar-refractivity contribution >= 4 is 27.5 Å². The van der Waals surface area contributed by atoms with Gasteiger partial charge in [-0.2, -0.15) is 0 Å². The molecule has 40 heavy (non-hydrogen) atoms. The molecule has 0 saturated heterocycles. The van der Waals surface area contributed by atoms with Crippen molar-refractivity contribution in [2.45, 2.75) is 44.7 Å². The number of methoxy groups -OCH3 is 2. The summed E-state index contributed by atoms with van der Waals surface area (Å²) >= 11 is 0. The van der Waals surface area contributed by atoms with Gasteiger partial charge in [-0.1, -0.05) is 36.8 Å². The third-order valence-electron chi connectivity index (χ3n) is 6.47. The second kappa shape index (κ2) is 13.8. The summed E-state index contributed by atoms with van der Waals surface area (Å²) in [6.45, 7) is 5.46.